The first-order valence-corrected chi connectivity index (χ1v) is 12.3. The van der Waals surface area contributed by atoms with Crippen molar-refractivity contribution in [3.8, 4) is 5.75 Å². The maximum Gasteiger partial charge on any atom is 0.363 e. The van der Waals surface area contributed by atoms with Crippen molar-refractivity contribution in [1.82, 2.24) is 0 Å². The Bertz CT molecular complexity index is 1470. The lowest BCUT2D eigenvalue weighted by molar-refractivity contribution is -0.129. The highest BCUT2D eigenvalue weighted by molar-refractivity contribution is 9.11. The Hall–Kier alpha value is -2.93. The van der Waals surface area contributed by atoms with Crippen molar-refractivity contribution in [2.24, 2.45) is 4.99 Å². The third-order valence-corrected chi connectivity index (χ3v) is 6.82. The van der Waals surface area contributed by atoms with Gasteiger partial charge >= 0.3 is 5.97 Å². The molecule has 0 aromatic heterocycles. The third kappa shape index (κ3) is 4.80. The Balaban J connectivity index is 1.39. The van der Waals surface area contributed by atoms with Crippen LogP contribution in [-0.2, 0) is 16.1 Å². The standard InChI is InChI=1S/C27H16Br2ClNO3/c28-21-11-16(12-22(29)25(21)33-15-20-7-3-4-8-23(20)30)13-24-27(32)34-26(31-24)19-10-9-17-5-1-2-6-18(17)14-19/h1-14H,15H2/b24-13-. The molecule has 0 bridgehead atoms. The van der Waals surface area contributed by atoms with Gasteiger partial charge in [-0.1, -0.05) is 60.1 Å². The van der Waals surface area contributed by atoms with Gasteiger partial charge in [-0.2, -0.15) is 0 Å². The smallest absolute Gasteiger partial charge is 0.363 e. The first kappa shape index (κ1) is 22.8. The number of cyclic esters (lactones) is 1. The number of ether oxygens (including phenoxy) is 2. The number of hydrogen-bond donors (Lipinski definition) is 0. The van der Waals surface area contributed by atoms with Crippen molar-refractivity contribution in [2.75, 3.05) is 0 Å². The number of rotatable bonds is 5. The fourth-order valence-corrected chi connectivity index (χ4v) is 5.22. The number of benzene rings is 4. The number of esters is 1. The second kappa shape index (κ2) is 9.74. The van der Waals surface area contributed by atoms with Gasteiger partial charge in [0.05, 0.1) is 8.95 Å². The fourth-order valence-electron chi connectivity index (χ4n) is 3.58. The molecule has 1 aliphatic rings. The van der Waals surface area contributed by atoms with Crippen LogP contribution >= 0.6 is 43.5 Å². The monoisotopic (exact) mass is 595 g/mol. The molecule has 0 spiro atoms. The number of fused-ring (bicyclic) bond motifs is 1. The molecule has 0 saturated heterocycles. The zero-order chi connectivity index (χ0) is 23.7. The molecule has 5 rings (SSSR count). The Morgan fingerprint density at radius 2 is 1.62 bits per heavy atom. The molecule has 1 aliphatic heterocycles. The van der Waals surface area contributed by atoms with Gasteiger partial charge in [0.15, 0.2) is 5.70 Å². The van der Waals surface area contributed by atoms with E-state index in [-0.39, 0.29) is 5.70 Å². The van der Waals surface area contributed by atoms with Crippen LogP contribution < -0.4 is 4.74 Å². The summed E-state index contributed by atoms with van der Waals surface area (Å²) in [6, 6.07) is 25.1. The van der Waals surface area contributed by atoms with E-state index < -0.39 is 5.97 Å². The summed E-state index contributed by atoms with van der Waals surface area (Å²) in [7, 11) is 0. The van der Waals surface area contributed by atoms with Gasteiger partial charge in [-0.25, -0.2) is 9.79 Å². The number of nitrogens with zero attached hydrogens (tertiary/aromatic N) is 1. The van der Waals surface area contributed by atoms with Crippen LogP contribution in [-0.4, -0.2) is 11.9 Å². The molecule has 0 aliphatic carbocycles. The van der Waals surface area contributed by atoms with Crippen molar-refractivity contribution in [3.05, 3.63) is 115 Å². The molecule has 0 N–H and O–H groups in total. The summed E-state index contributed by atoms with van der Waals surface area (Å²) in [5.41, 5.74) is 2.63. The zero-order valence-electron chi connectivity index (χ0n) is 17.6. The minimum absolute atomic E-state index is 0.228. The van der Waals surface area contributed by atoms with Gasteiger partial charge in [0.25, 0.3) is 0 Å². The first-order chi connectivity index (χ1) is 16.5. The maximum absolute atomic E-state index is 12.5. The van der Waals surface area contributed by atoms with Crippen molar-refractivity contribution in [1.29, 1.82) is 0 Å². The Morgan fingerprint density at radius 3 is 2.38 bits per heavy atom. The average Bonchev–Trinajstić information content (AvgIpc) is 3.19. The van der Waals surface area contributed by atoms with E-state index in [9.17, 15) is 4.79 Å². The maximum atomic E-state index is 12.5. The SMILES string of the molecule is O=C1OC(c2ccc3ccccc3c2)=N/C1=C\c1cc(Br)c(OCc2ccccc2Cl)c(Br)c1. The summed E-state index contributed by atoms with van der Waals surface area (Å²) < 4.78 is 12.9. The lowest BCUT2D eigenvalue weighted by Crippen LogP contribution is -2.05. The van der Waals surface area contributed by atoms with E-state index in [1.54, 1.807) is 6.08 Å². The first-order valence-electron chi connectivity index (χ1n) is 10.3. The Labute approximate surface area is 218 Å². The van der Waals surface area contributed by atoms with Crippen LogP contribution in [0.5, 0.6) is 5.75 Å². The summed E-state index contributed by atoms with van der Waals surface area (Å²) in [4.78, 5) is 16.9. The molecule has 4 aromatic rings. The quantitative estimate of drug-likeness (QED) is 0.173. The van der Waals surface area contributed by atoms with Crippen LogP contribution in [0.3, 0.4) is 0 Å². The predicted octanol–water partition coefficient (Wildman–Crippen LogP) is 7.94. The van der Waals surface area contributed by atoms with Crippen LogP contribution in [0.25, 0.3) is 16.8 Å². The van der Waals surface area contributed by atoms with E-state index in [0.29, 0.717) is 23.3 Å². The van der Waals surface area contributed by atoms with Gasteiger partial charge in [0, 0.05) is 16.1 Å². The fraction of sp³-hybridized carbons (Fsp3) is 0.0370. The molecule has 0 unspecified atom stereocenters. The van der Waals surface area contributed by atoms with Gasteiger partial charge in [0.2, 0.25) is 5.90 Å². The van der Waals surface area contributed by atoms with E-state index in [2.05, 4.69) is 36.9 Å². The minimum Gasteiger partial charge on any atom is -0.486 e. The van der Waals surface area contributed by atoms with Crippen molar-refractivity contribution < 1.29 is 14.3 Å². The van der Waals surface area contributed by atoms with E-state index in [0.717, 1.165) is 36.4 Å². The summed E-state index contributed by atoms with van der Waals surface area (Å²) in [6.07, 6.45) is 1.68. The van der Waals surface area contributed by atoms with E-state index in [1.165, 1.54) is 0 Å². The lowest BCUT2D eigenvalue weighted by atomic mass is 10.1. The topological polar surface area (TPSA) is 47.9 Å². The molecule has 34 heavy (non-hydrogen) atoms. The molecule has 7 heteroatoms. The van der Waals surface area contributed by atoms with Crippen LogP contribution in [0.2, 0.25) is 5.02 Å². The van der Waals surface area contributed by atoms with Gasteiger partial charge in [-0.05, 0) is 84.6 Å². The van der Waals surface area contributed by atoms with Crippen molar-refractivity contribution in [2.45, 2.75) is 6.61 Å². The van der Waals surface area contributed by atoms with Crippen LogP contribution in [0, 0.1) is 0 Å². The highest BCUT2D eigenvalue weighted by Crippen LogP contribution is 2.36. The van der Waals surface area contributed by atoms with Crippen LogP contribution in [0.1, 0.15) is 16.7 Å². The summed E-state index contributed by atoms with van der Waals surface area (Å²) in [5.74, 6) is 0.436. The molecule has 4 aromatic carbocycles. The predicted molar refractivity (Wildman–Crippen MR) is 142 cm³/mol. The molecule has 168 valence electrons. The molecule has 0 saturated carbocycles. The zero-order valence-corrected chi connectivity index (χ0v) is 21.5. The summed E-state index contributed by atoms with van der Waals surface area (Å²) in [5, 5.41) is 2.81. The largest absolute Gasteiger partial charge is 0.486 e. The van der Waals surface area contributed by atoms with Gasteiger partial charge < -0.3 is 9.47 Å². The normalized spacial score (nSPS) is 14.4. The van der Waals surface area contributed by atoms with Crippen LogP contribution in [0.4, 0.5) is 0 Å². The van der Waals surface area contributed by atoms with E-state index in [1.807, 2.05) is 78.9 Å². The van der Waals surface area contributed by atoms with Crippen molar-refractivity contribution in [3.63, 3.8) is 0 Å². The Kier molecular flexibility index (Phi) is 6.55. The van der Waals surface area contributed by atoms with Gasteiger partial charge in [0.1, 0.15) is 12.4 Å². The van der Waals surface area contributed by atoms with Gasteiger partial charge in [-0.3, -0.25) is 0 Å². The highest BCUT2D eigenvalue weighted by Gasteiger charge is 2.24. The van der Waals surface area contributed by atoms with Gasteiger partial charge in [-0.15, -0.1) is 0 Å². The highest BCUT2D eigenvalue weighted by atomic mass is 79.9. The van der Waals surface area contributed by atoms with Crippen LogP contribution in [0.15, 0.2) is 98.5 Å². The minimum atomic E-state index is -0.491. The molecule has 0 amide bonds. The van der Waals surface area contributed by atoms with E-state index >= 15 is 0 Å². The number of aliphatic imine (C=N–C) groups is 1. The second-order valence-corrected chi connectivity index (χ2v) is 9.71. The third-order valence-electron chi connectivity index (χ3n) is 5.27. The molecule has 4 nitrogen and oxygen atoms in total. The molecule has 1 heterocycles. The van der Waals surface area contributed by atoms with Crippen molar-refractivity contribution >= 4 is 72.2 Å². The lowest BCUT2D eigenvalue weighted by Gasteiger charge is -2.12. The Morgan fingerprint density at radius 1 is 0.912 bits per heavy atom. The number of hydrogen-bond acceptors (Lipinski definition) is 4. The number of carbonyl (C=O) groups excluding carboxylic acids is 1. The summed E-state index contributed by atoms with van der Waals surface area (Å²) in [6.45, 7) is 0.322. The number of carbonyl (C=O) groups is 1. The molecule has 0 fully saturated rings. The van der Waals surface area contributed by atoms with E-state index in [4.69, 9.17) is 21.1 Å². The summed E-state index contributed by atoms with van der Waals surface area (Å²) >= 11 is 13.3. The molecular weight excluding hydrogens is 582 g/mol. The number of halogens is 3. The molecular formula is C27H16Br2ClNO3. The average molecular weight is 598 g/mol. The molecule has 0 radical (unpaired) electrons. The molecule has 0 atom stereocenters. The second-order valence-electron chi connectivity index (χ2n) is 7.59.